The minimum atomic E-state index is -0.0839. The van der Waals surface area contributed by atoms with Crippen LogP contribution in [0.2, 0.25) is 0 Å². The topological polar surface area (TPSA) is 78.1 Å². The molecule has 6 nitrogen and oxygen atoms in total. The van der Waals surface area contributed by atoms with Crippen molar-refractivity contribution in [2.24, 2.45) is 5.92 Å². The fourth-order valence-electron chi connectivity index (χ4n) is 3.60. The molecule has 0 bridgehead atoms. The molecule has 0 saturated heterocycles. The number of nitrogens with one attached hydrogen (secondary N) is 2. The van der Waals surface area contributed by atoms with Crippen LogP contribution in [0.15, 0.2) is 60.8 Å². The number of H-pyrrole nitrogens is 1. The Morgan fingerprint density at radius 3 is 2.47 bits per heavy atom. The van der Waals surface area contributed by atoms with E-state index in [4.69, 9.17) is 0 Å². The van der Waals surface area contributed by atoms with Crippen LogP contribution in [0, 0.1) is 5.92 Å². The monoisotopic (exact) mass is 402 g/mol. The molecule has 1 aliphatic carbocycles. The first-order valence-electron chi connectivity index (χ1n) is 10.3. The molecule has 1 fully saturated rings. The first-order chi connectivity index (χ1) is 14.6. The number of hydrogen-bond donors (Lipinski definition) is 2. The molecule has 2 N–H and O–H groups in total. The predicted molar refractivity (Wildman–Crippen MR) is 115 cm³/mol. The maximum Gasteiger partial charge on any atom is 0.257 e. The molecule has 2 amide bonds. The highest BCUT2D eigenvalue weighted by molar-refractivity contribution is 5.99. The van der Waals surface area contributed by atoms with Gasteiger partial charge in [0.15, 0.2) is 0 Å². The van der Waals surface area contributed by atoms with Crippen LogP contribution >= 0.6 is 0 Å². The number of nitrogens with zero attached hydrogens (tertiary/aromatic N) is 2. The maximum absolute atomic E-state index is 13.0. The lowest BCUT2D eigenvalue weighted by Crippen LogP contribution is -2.33. The lowest BCUT2D eigenvalue weighted by atomic mass is 9.85. The largest absolute Gasteiger partial charge is 0.352 e. The van der Waals surface area contributed by atoms with E-state index in [1.165, 1.54) is 0 Å². The molecule has 6 heteroatoms. The maximum atomic E-state index is 13.0. The second-order valence-electron chi connectivity index (χ2n) is 7.85. The molecule has 4 rings (SSSR count). The number of carbonyl (C=O) groups excluding carboxylic acids is 2. The first kappa shape index (κ1) is 19.9. The molecule has 2 aromatic carbocycles. The van der Waals surface area contributed by atoms with Crippen molar-refractivity contribution in [1.82, 2.24) is 20.4 Å². The molecule has 1 heterocycles. The van der Waals surface area contributed by atoms with E-state index in [0.717, 1.165) is 36.0 Å². The van der Waals surface area contributed by atoms with Gasteiger partial charge in [-0.25, -0.2) is 0 Å². The minimum Gasteiger partial charge on any atom is -0.352 e. The van der Waals surface area contributed by atoms with Gasteiger partial charge in [0.25, 0.3) is 5.91 Å². The zero-order chi connectivity index (χ0) is 20.9. The van der Waals surface area contributed by atoms with Crippen molar-refractivity contribution < 1.29 is 9.59 Å². The second kappa shape index (κ2) is 8.95. The summed E-state index contributed by atoms with van der Waals surface area (Å²) >= 11 is 0. The van der Waals surface area contributed by atoms with Crippen LogP contribution in [0.1, 0.15) is 40.7 Å². The van der Waals surface area contributed by atoms with Crippen molar-refractivity contribution in [3.63, 3.8) is 0 Å². The zero-order valence-corrected chi connectivity index (χ0v) is 17.1. The van der Waals surface area contributed by atoms with Crippen LogP contribution in [-0.2, 0) is 17.9 Å². The number of aromatic amines is 1. The Kier molecular flexibility index (Phi) is 5.93. The van der Waals surface area contributed by atoms with Gasteiger partial charge in [0, 0.05) is 31.6 Å². The van der Waals surface area contributed by atoms with E-state index < -0.39 is 0 Å². The van der Waals surface area contributed by atoms with Gasteiger partial charge in [0.2, 0.25) is 5.91 Å². The smallest absolute Gasteiger partial charge is 0.257 e. The fraction of sp³-hybridized carbons (Fsp3) is 0.292. The Morgan fingerprint density at radius 2 is 1.80 bits per heavy atom. The summed E-state index contributed by atoms with van der Waals surface area (Å²) in [6, 6.07) is 17.7. The highest BCUT2D eigenvalue weighted by Gasteiger charge is 2.24. The van der Waals surface area contributed by atoms with E-state index in [0.29, 0.717) is 24.3 Å². The van der Waals surface area contributed by atoms with Gasteiger partial charge in [-0.1, -0.05) is 61.0 Å². The van der Waals surface area contributed by atoms with Crippen LogP contribution in [0.4, 0.5) is 0 Å². The zero-order valence-electron chi connectivity index (χ0n) is 17.1. The normalized spacial score (nSPS) is 13.5. The third kappa shape index (κ3) is 4.43. The summed E-state index contributed by atoms with van der Waals surface area (Å²) in [7, 11) is 1.79. The summed E-state index contributed by atoms with van der Waals surface area (Å²) in [4.78, 5) is 26.7. The van der Waals surface area contributed by atoms with Crippen molar-refractivity contribution in [2.45, 2.75) is 32.4 Å². The molecular weight excluding hydrogens is 376 g/mol. The molecule has 0 unspecified atom stereocenters. The molecule has 1 aromatic heterocycles. The standard InChI is InChI=1S/C24H26N4O2/c1-28(16-18-6-3-2-4-7-18)24(30)21-15-26-27-22(21)19-12-10-17(11-13-19)14-25-23(29)20-8-5-9-20/h2-4,6-7,10-13,15,20H,5,8-9,14,16H2,1H3,(H,25,29)(H,26,27). The van der Waals surface area contributed by atoms with E-state index in [2.05, 4.69) is 15.5 Å². The Morgan fingerprint density at radius 1 is 1.07 bits per heavy atom. The van der Waals surface area contributed by atoms with Gasteiger partial charge in [-0.3, -0.25) is 14.7 Å². The second-order valence-corrected chi connectivity index (χ2v) is 7.85. The average Bonchev–Trinajstić information content (AvgIpc) is 3.21. The molecule has 154 valence electrons. The number of aromatic nitrogens is 2. The van der Waals surface area contributed by atoms with Gasteiger partial charge in [-0.05, 0) is 24.0 Å². The van der Waals surface area contributed by atoms with E-state index in [1.807, 2.05) is 54.6 Å². The average molecular weight is 402 g/mol. The molecule has 0 spiro atoms. The summed E-state index contributed by atoms with van der Waals surface area (Å²) in [5.74, 6) is 0.253. The SMILES string of the molecule is CN(Cc1ccccc1)C(=O)c1cn[nH]c1-c1ccc(CNC(=O)C2CCC2)cc1. The van der Waals surface area contributed by atoms with E-state index in [-0.39, 0.29) is 17.7 Å². The Hall–Kier alpha value is -3.41. The third-order valence-corrected chi connectivity index (χ3v) is 5.66. The molecule has 0 atom stereocenters. The molecule has 1 saturated carbocycles. The molecule has 1 aliphatic rings. The summed E-state index contributed by atoms with van der Waals surface area (Å²) < 4.78 is 0. The van der Waals surface area contributed by atoms with Crippen molar-refractivity contribution >= 4 is 11.8 Å². The number of hydrogen-bond acceptors (Lipinski definition) is 3. The Bertz CT molecular complexity index is 1010. The molecule has 0 radical (unpaired) electrons. The van der Waals surface area contributed by atoms with Crippen molar-refractivity contribution in [2.75, 3.05) is 7.05 Å². The molecular formula is C24H26N4O2. The van der Waals surface area contributed by atoms with Crippen LogP contribution in [0.3, 0.4) is 0 Å². The summed E-state index contributed by atoms with van der Waals surface area (Å²) in [5.41, 5.74) is 4.23. The number of benzene rings is 2. The highest BCUT2D eigenvalue weighted by Crippen LogP contribution is 2.26. The Labute approximate surface area is 176 Å². The summed E-state index contributed by atoms with van der Waals surface area (Å²) in [6.45, 7) is 1.05. The van der Waals surface area contributed by atoms with Crippen LogP contribution in [-0.4, -0.2) is 34.0 Å². The van der Waals surface area contributed by atoms with Crippen molar-refractivity contribution in [3.8, 4) is 11.3 Å². The van der Waals surface area contributed by atoms with E-state index >= 15 is 0 Å². The number of rotatable bonds is 7. The quantitative estimate of drug-likeness (QED) is 0.632. The van der Waals surface area contributed by atoms with Crippen LogP contribution in [0.25, 0.3) is 11.3 Å². The predicted octanol–water partition coefficient (Wildman–Crippen LogP) is 3.77. The lowest BCUT2D eigenvalue weighted by Gasteiger charge is -2.24. The fourth-order valence-corrected chi connectivity index (χ4v) is 3.60. The minimum absolute atomic E-state index is 0.0839. The lowest BCUT2D eigenvalue weighted by molar-refractivity contribution is -0.127. The van der Waals surface area contributed by atoms with Gasteiger partial charge in [-0.15, -0.1) is 0 Å². The summed E-state index contributed by atoms with van der Waals surface area (Å²) in [5, 5.41) is 10.1. The third-order valence-electron chi connectivity index (χ3n) is 5.66. The van der Waals surface area contributed by atoms with Crippen molar-refractivity contribution in [1.29, 1.82) is 0 Å². The molecule has 3 aromatic rings. The van der Waals surface area contributed by atoms with E-state index in [1.54, 1.807) is 18.1 Å². The van der Waals surface area contributed by atoms with Crippen molar-refractivity contribution in [3.05, 3.63) is 77.5 Å². The van der Waals surface area contributed by atoms with Crippen LogP contribution < -0.4 is 5.32 Å². The molecule has 0 aliphatic heterocycles. The highest BCUT2D eigenvalue weighted by atomic mass is 16.2. The van der Waals surface area contributed by atoms with Gasteiger partial charge in [-0.2, -0.15) is 5.10 Å². The van der Waals surface area contributed by atoms with Gasteiger partial charge < -0.3 is 10.2 Å². The van der Waals surface area contributed by atoms with Crippen LogP contribution in [0.5, 0.6) is 0 Å². The Balaban J connectivity index is 1.41. The molecule has 30 heavy (non-hydrogen) atoms. The first-order valence-corrected chi connectivity index (χ1v) is 10.3. The van der Waals surface area contributed by atoms with Gasteiger partial charge in [0.1, 0.15) is 0 Å². The van der Waals surface area contributed by atoms with Gasteiger partial charge >= 0.3 is 0 Å². The summed E-state index contributed by atoms with van der Waals surface area (Å²) in [6.07, 6.45) is 4.73. The number of amides is 2. The van der Waals surface area contributed by atoms with Gasteiger partial charge in [0.05, 0.1) is 17.5 Å². The van der Waals surface area contributed by atoms with E-state index in [9.17, 15) is 9.59 Å². The number of carbonyl (C=O) groups is 2.